The first-order valence-corrected chi connectivity index (χ1v) is 29.9. The Kier molecular flexibility index (Phi) is 47.0. The molecule has 0 amide bonds. The number of aliphatic hydroxyl groups is 2. The largest absolute Gasteiger partial charge is 0.479 e. The van der Waals surface area contributed by atoms with E-state index in [-0.39, 0.29) is 25.9 Å². The summed E-state index contributed by atoms with van der Waals surface area (Å²) in [4.78, 5) is 51.1. The molecule has 430 valence electrons. The van der Waals surface area contributed by atoms with E-state index in [0.29, 0.717) is 25.7 Å². The Labute approximate surface area is 455 Å². The molecule has 12 heteroatoms. The van der Waals surface area contributed by atoms with Gasteiger partial charge in [0.2, 0.25) is 0 Å². The van der Waals surface area contributed by atoms with Crippen LogP contribution in [0, 0.1) is 0 Å². The SMILES string of the molecule is CC/C=C\C/C=C\C/C=C\C/C=C\C/C=C\CCCC(=O)OCC(COC1OC(C(=O)O)C(O)C(O)C1OC(=O)CCCCCCC/C=C\CCCC)OC(=O)CCCCCCCCCCCCCCCCCCC. The quantitative estimate of drug-likeness (QED) is 0.0228. The highest BCUT2D eigenvalue weighted by Gasteiger charge is 2.50. The standard InChI is InChI=1S/C63H106O12/c1-4-7-10-13-16-19-22-24-26-28-30-32-35-37-40-43-46-49-55(64)71-52-54(73-56(65)50-47-44-41-39-36-33-31-29-27-25-23-20-17-14-11-8-5-2)53-72-63-61(59(68)58(67)60(75-63)62(69)70)74-57(66)51-48-45-42-38-34-21-18-15-12-9-6-3/h7,10,15-16,18-19,24,26,30,32,37,40,54,58-61,63,67-68H,4-6,8-9,11-14,17,20-23,25,27-29,31,33-36,38-39,41-53H2,1-3H3,(H,69,70)/b10-7-,18-15-,19-16-,26-24-,32-30-,40-37-. The van der Waals surface area contributed by atoms with Crippen molar-refractivity contribution < 1.29 is 58.2 Å². The maximum absolute atomic E-state index is 13.2. The highest BCUT2D eigenvalue weighted by molar-refractivity contribution is 5.74. The maximum Gasteiger partial charge on any atom is 0.335 e. The zero-order valence-electron chi connectivity index (χ0n) is 47.3. The van der Waals surface area contributed by atoms with Crippen molar-refractivity contribution >= 4 is 23.9 Å². The molecule has 0 aromatic rings. The van der Waals surface area contributed by atoms with Crippen LogP contribution in [-0.4, -0.2) is 89.2 Å². The number of carbonyl (C=O) groups is 4. The predicted octanol–water partition coefficient (Wildman–Crippen LogP) is 15.3. The monoisotopic (exact) mass is 1050 g/mol. The van der Waals surface area contributed by atoms with Gasteiger partial charge in [0.15, 0.2) is 24.6 Å². The van der Waals surface area contributed by atoms with Crippen LogP contribution >= 0.6 is 0 Å². The number of aliphatic carboxylic acids is 1. The lowest BCUT2D eigenvalue weighted by Crippen LogP contribution is -2.61. The van der Waals surface area contributed by atoms with Gasteiger partial charge in [0.05, 0.1) is 6.61 Å². The average molecular weight is 1060 g/mol. The fraction of sp³-hybridized carbons (Fsp3) is 0.746. The number of carboxylic acids is 1. The minimum Gasteiger partial charge on any atom is -0.479 e. The molecule has 0 bridgehead atoms. The first-order chi connectivity index (χ1) is 36.6. The molecule has 12 nitrogen and oxygen atoms in total. The van der Waals surface area contributed by atoms with E-state index in [4.69, 9.17) is 23.7 Å². The zero-order valence-corrected chi connectivity index (χ0v) is 47.3. The van der Waals surface area contributed by atoms with Gasteiger partial charge in [-0.25, -0.2) is 4.79 Å². The molecule has 0 aromatic heterocycles. The van der Waals surface area contributed by atoms with Gasteiger partial charge in [-0.15, -0.1) is 0 Å². The van der Waals surface area contributed by atoms with Gasteiger partial charge in [0.25, 0.3) is 0 Å². The number of rotatable bonds is 50. The van der Waals surface area contributed by atoms with Crippen LogP contribution in [0.15, 0.2) is 72.9 Å². The molecule has 1 aliphatic heterocycles. The van der Waals surface area contributed by atoms with E-state index in [1.807, 2.05) is 6.08 Å². The molecule has 1 fully saturated rings. The van der Waals surface area contributed by atoms with Gasteiger partial charge < -0.3 is 39.0 Å². The molecule has 3 N–H and O–H groups in total. The first-order valence-electron chi connectivity index (χ1n) is 29.9. The molecule has 0 aliphatic carbocycles. The number of unbranched alkanes of at least 4 members (excludes halogenated alkanes) is 24. The summed E-state index contributed by atoms with van der Waals surface area (Å²) in [5.74, 6) is -3.20. The van der Waals surface area contributed by atoms with Crippen LogP contribution in [0.2, 0.25) is 0 Å². The zero-order chi connectivity index (χ0) is 54.7. The molecule has 6 atom stereocenters. The van der Waals surface area contributed by atoms with Crippen molar-refractivity contribution in [2.75, 3.05) is 13.2 Å². The molecule has 1 saturated heterocycles. The number of esters is 3. The summed E-state index contributed by atoms with van der Waals surface area (Å²) < 4.78 is 28.4. The number of allylic oxidation sites excluding steroid dienone is 12. The van der Waals surface area contributed by atoms with Crippen molar-refractivity contribution in [3.8, 4) is 0 Å². The summed E-state index contributed by atoms with van der Waals surface area (Å²) in [5.41, 5.74) is 0. The summed E-state index contributed by atoms with van der Waals surface area (Å²) in [7, 11) is 0. The van der Waals surface area contributed by atoms with Crippen molar-refractivity contribution in [3.05, 3.63) is 72.9 Å². The van der Waals surface area contributed by atoms with E-state index in [9.17, 15) is 34.5 Å². The highest BCUT2D eigenvalue weighted by Crippen LogP contribution is 2.26. The van der Waals surface area contributed by atoms with Crippen LogP contribution in [0.5, 0.6) is 0 Å². The molecular formula is C63H106O12. The molecule has 6 unspecified atom stereocenters. The summed E-state index contributed by atoms with van der Waals surface area (Å²) >= 11 is 0. The van der Waals surface area contributed by atoms with Crippen molar-refractivity contribution in [2.24, 2.45) is 0 Å². The van der Waals surface area contributed by atoms with Gasteiger partial charge in [0.1, 0.15) is 18.8 Å². The number of aliphatic hydroxyl groups excluding tert-OH is 2. The highest BCUT2D eigenvalue weighted by atomic mass is 16.7. The Balaban J connectivity index is 2.72. The third-order valence-corrected chi connectivity index (χ3v) is 13.3. The van der Waals surface area contributed by atoms with Crippen molar-refractivity contribution in [3.63, 3.8) is 0 Å². The van der Waals surface area contributed by atoms with Crippen molar-refractivity contribution in [1.29, 1.82) is 0 Å². The summed E-state index contributed by atoms with van der Waals surface area (Å²) in [6, 6.07) is 0. The molecular weight excluding hydrogens is 949 g/mol. The van der Waals surface area contributed by atoms with E-state index in [1.165, 1.54) is 96.3 Å². The van der Waals surface area contributed by atoms with Crippen LogP contribution in [0.3, 0.4) is 0 Å². The Morgan fingerprint density at radius 3 is 1.37 bits per heavy atom. The molecule has 0 radical (unpaired) electrons. The number of carboxylic acid groups (broad SMARTS) is 1. The van der Waals surface area contributed by atoms with E-state index in [1.54, 1.807) is 0 Å². The minimum atomic E-state index is -1.91. The van der Waals surface area contributed by atoms with Gasteiger partial charge in [-0.05, 0) is 77.0 Å². The van der Waals surface area contributed by atoms with Gasteiger partial charge in [-0.2, -0.15) is 0 Å². The fourth-order valence-electron chi connectivity index (χ4n) is 8.68. The van der Waals surface area contributed by atoms with Crippen LogP contribution in [0.4, 0.5) is 0 Å². The lowest BCUT2D eigenvalue weighted by molar-refractivity contribution is -0.301. The second-order valence-electron chi connectivity index (χ2n) is 20.3. The van der Waals surface area contributed by atoms with Crippen molar-refractivity contribution in [2.45, 2.75) is 289 Å². The van der Waals surface area contributed by atoms with E-state index < -0.39 is 67.3 Å². The van der Waals surface area contributed by atoms with Gasteiger partial charge in [-0.3, -0.25) is 14.4 Å². The van der Waals surface area contributed by atoms with Gasteiger partial charge in [0, 0.05) is 19.3 Å². The van der Waals surface area contributed by atoms with Crippen molar-refractivity contribution in [1.82, 2.24) is 0 Å². The molecule has 0 saturated carbocycles. The summed E-state index contributed by atoms with van der Waals surface area (Å²) in [5, 5.41) is 31.4. The third kappa shape index (κ3) is 41.0. The van der Waals surface area contributed by atoms with E-state index in [0.717, 1.165) is 89.9 Å². The molecule has 75 heavy (non-hydrogen) atoms. The predicted molar refractivity (Wildman–Crippen MR) is 303 cm³/mol. The van der Waals surface area contributed by atoms with Crippen LogP contribution in [-0.2, 0) is 42.9 Å². The van der Waals surface area contributed by atoms with Crippen LogP contribution < -0.4 is 0 Å². The number of ether oxygens (including phenoxy) is 5. The minimum absolute atomic E-state index is 0.0436. The molecule has 1 heterocycles. The lowest BCUT2D eigenvalue weighted by Gasteiger charge is -2.40. The van der Waals surface area contributed by atoms with Crippen LogP contribution in [0.25, 0.3) is 0 Å². The van der Waals surface area contributed by atoms with E-state index >= 15 is 0 Å². The summed E-state index contributed by atoms with van der Waals surface area (Å²) in [6.07, 6.45) is 51.7. The second kappa shape index (κ2) is 50.9. The molecule has 0 aromatic carbocycles. The molecule has 1 rings (SSSR count). The Morgan fingerprint density at radius 1 is 0.453 bits per heavy atom. The fourth-order valence-corrected chi connectivity index (χ4v) is 8.68. The Hall–Kier alpha value is -3.84. The molecule has 0 spiro atoms. The number of carbonyl (C=O) groups excluding carboxylic acids is 3. The van der Waals surface area contributed by atoms with Crippen LogP contribution in [0.1, 0.15) is 252 Å². The van der Waals surface area contributed by atoms with Gasteiger partial charge in [-0.1, -0.05) is 229 Å². The Morgan fingerprint density at radius 2 is 0.867 bits per heavy atom. The molecule has 1 aliphatic rings. The average Bonchev–Trinajstić information content (AvgIpc) is 3.39. The maximum atomic E-state index is 13.2. The van der Waals surface area contributed by atoms with E-state index in [2.05, 4.69) is 87.6 Å². The summed E-state index contributed by atoms with van der Waals surface area (Å²) in [6.45, 7) is 5.79. The third-order valence-electron chi connectivity index (χ3n) is 13.3. The topological polar surface area (TPSA) is 175 Å². The number of hydrogen-bond donors (Lipinski definition) is 3. The van der Waals surface area contributed by atoms with Gasteiger partial charge >= 0.3 is 23.9 Å². The second-order valence-corrected chi connectivity index (χ2v) is 20.3. The lowest BCUT2D eigenvalue weighted by atomic mass is 9.98. The normalized spacial score (nSPS) is 18.7. The number of hydrogen-bond acceptors (Lipinski definition) is 11. The Bertz CT molecular complexity index is 1580. The first kappa shape index (κ1) is 69.2. The smallest absolute Gasteiger partial charge is 0.335 e.